The quantitative estimate of drug-likeness (QED) is 0.842. The Hall–Kier alpha value is -1.40. The molecule has 0 aromatic carbocycles. The van der Waals surface area contributed by atoms with E-state index in [9.17, 15) is 4.79 Å². The van der Waals surface area contributed by atoms with Gasteiger partial charge < -0.3 is 15.2 Å². The molecule has 2 heterocycles. The van der Waals surface area contributed by atoms with Crippen molar-refractivity contribution in [1.82, 2.24) is 25.1 Å². The Morgan fingerprint density at radius 1 is 1.29 bits per heavy atom. The summed E-state index contributed by atoms with van der Waals surface area (Å²) in [5.74, 6) is 0.161. The molecule has 21 heavy (non-hydrogen) atoms. The van der Waals surface area contributed by atoms with Crippen LogP contribution in [0.1, 0.15) is 31.7 Å². The molecule has 1 aromatic heterocycles. The Bertz CT molecular complexity index is 439. The van der Waals surface area contributed by atoms with Crippen LogP contribution in [0.3, 0.4) is 0 Å². The van der Waals surface area contributed by atoms with Gasteiger partial charge in [-0.2, -0.15) is 0 Å². The minimum Gasteiger partial charge on any atom is -0.350 e. The molecule has 6 heteroatoms. The third-order valence-corrected chi connectivity index (χ3v) is 4.53. The maximum atomic E-state index is 12.3. The van der Waals surface area contributed by atoms with Crippen molar-refractivity contribution in [3.8, 4) is 0 Å². The molecule has 2 N–H and O–H groups in total. The smallest absolute Gasteiger partial charge is 0.234 e. The third kappa shape index (κ3) is 3.83. The molecule has 0 bridgehead atoms. The Kier molecular flexibility index (Phi) is 4.87. The van der Waals surface area contributed by atoms with E-state index in [0.29, 0.717) is 12.6 Å². The second-order valence-corrected chi connectivity index (χ2v) is 6.06. The second kappa shape index (κ2) is 7.04. The molecular weight excluding hydrogens is 266 g/mol. The van der Waals surface area contributed by atoms with Crippen LogP contribution < -0.4 is 10.6 Å². The summed E-state index contributed by atoms with van der Waals surface area (Å²) in [5, 5.41) is 6.60. The van der Waals surface area contributed by atoms with Gasteiger partial charge in [0.05, 0.1) is 18.9 Å². The average Bonchev–Trinajstić information content (AvgIpc) is 3.07. The highest BCUT2D eigenvalue weighted by Gasteiger charge is 2.29. The highest BCUT2D eigenvalue weighted by molar-refractivity contribution is 5.78. The highest BCUT2D eigenvalue weighted by atomic mass is 16.2. The van der Waals surface area contributed by atoms with Gasteiger partial charge in [-0.1, -0.05) is 0 Å². The van der Waals surface area contributed by atoms with E-state index in [-0.39, 0.29) is 11.9 Å². The molecule has 1 saturated carbocycles. The van der Waals surface area contributed by atoms with Gasteiger partial charge in [-0.25, -0.2) is 4.98 Å². The fourth-order valence-corrected chi connectivity index (χ4v) is 3.45. The minimum atomic E-state index is 0.161. The van der Waals surface area contributed by atoms with E-state index < -0.39 is 0 Å². The highest BCUT2D eigenvalue weighted by Crippen LogP contribution is 2.29. The Morgan fingerprint density at radius 3 is 3.10 bits per heavy atom. The molecule has 1 saturated heterocycles. The molecule has 1 amide bonds. The molecule has 2 fully saturated rings. The Labute approximate surface area is 125 Å². The predicted molar refractivity (Wildman–Crippen MR) is 81.0 cm³/mol. The summed E-state index contributed by atoms with van der Waals surface area (Å²) in [5.41, 5.74) is 0. The molecule has 1 aliphatic heterocycles. The summed E-state index contributed by atoms with van der Waals surface area (Å²) in [6.07, 6.45) is 10.1. The van der Waals surface area contributed by atoms with Gasteiger partial charge in [0.2, 0.25) is 5.91 Å². The van der Waals surface area contributed by atoms with Crippen molar-refractivity contribution < 1.29 is 4.79 Å². The van der Waals surface area contributed by atoms with E-state index >= 15 is 0 Å². The van der Waals surface area contributed by atoms with Crippen LogP contribution in [0.25, 0.3) is 0 Å². The van der Waals surface area contributed by atoms with Crippen LogP contribution in [-0.2, 0) is 4.79 Å². The first-order chi connectivity index (χ1) is 10.3. The number of nitrogens with one attached hydrogen (secondary N) is 2. The van der Waals surface area contributed by atoms with Crippen LogP contribution in [0.2, 0.25) is 0 Å². The number of aromatic nitrogens is 2. The van der Waals surface area contributed by atoms with Gasteiger partial charge in [0.15, 0.2) is 0 Å². The zero-order chi connectivity index (χ0) is 14.5. The molecule has 0 spiro atoms. The topological polar surface area (TPSA) is 62.2 Å². The first-order valence-electron chi connectivity index (χ1n) is 8.03. The molecule has 3 rings (SSSR count). The lowest BCUT2D eigenvalue weighted by atomic mass is 10.1. The van der Waals surface area contributed by atoms with Crippen LogP contribution in [0.5, 0.6) is 0 Å². The first kappa shape index (κ1) is 14.5. The van der Waals surface area contributed by atoms with Crippen LogP contribution in [0, 0.1) is 0 Å². The monoisotopic (exact) mass is 291 g/mol. The van der Waals surface area contributed by atoms with Crippen molar-refractivity contribution in [2.24, 2.45) is 0 Å². The number of hydrogen-bond acceptors (Lipinski definition) is 4. The summed E-state index contributed by atoms with van der Waals surface area (Å²) in [6.45, 7) is 4.53. The summed E-state index contributed by atoms with van der Waals surface area (Å²) >= 11 is 0. The first-order valence-corrected chi connectivity index (χ1v) is 8.03. The van der Waals surface area contributed by atoms with E-state index in [1.54, 1.807) is 6.20 Å². The summed E-state index contributed by atoms with van der Waals surface area (Å²) < 4.78 is 2.13. The van der Waals surface area contributed by atoms with Crippen molar-refractivity contribution in [3.63, 3.8) is 0 Å². The number of rotatable bonds is 4. The largest absolute Gasteiger partial charge is 0.350 e. The van der Waals surface area contributed by atoms with E-state index in [2.05, 4.69) is 25.1 Å². The number of carbonyl (C=O) groups excluding carboxylic acids is 1. The molecular formula is C15H25N5O. The number of imidazole rings is 1. The predicted octanol–water partition coefficient (Wildman–Crippen LogP) is 0.388. The molecule has 2 unspecified atom stereocenters. The maximum absolute atomic E-state index is 12.3. The van der Waals surface area contributed by atoms with Crippen molar-refractivity contribution in [3.05, 3.63) is 18.7 Å². The van der Waals surface area contributed by atoms with E-state index in [1.165, 1.54) is 6.42 Å². The third-order valence-electron chi connectivity index (χ3n) is 4.53. The van der Waals surface area contributed by atoms with Crippen LogP contribution >= 0.6 is 0 Å². The molecule has 2 atom stereocenters. The molecule has 116 valence electrons. The van der Waals surface area contributed by atoms with Gasteiger partial charge in [0.25, 0.3) is 0 Å². The zero-order valence-corrected chi connectivity index (χ0v) is 12.5. The van der Waals surface area contributed by atoms with Crippen molar-refractivity contribution in [2.45, 2.75) is 37.8 Å². The van der Waals surface area contributed by atoms with Crippen LogP contribution in [0.4, 0.5) is 0 Å². The van der Waals surface area contributed by atoms with Gasteiger partial charge in [-0.05, 0) is 38.8 Å². The molecule has 6 nitrogen and oxygen atoms in total. The molecule has 1 aliphatic carbocycles. The number of hydrogen-bond donors (Lipinski definition) is 2. The van der Waals surface area contributed by atoms with Gasteiger partial charge in [-0.15, -0.1) is 0 Å². The summed E-state index contributed by atoms with van der Waals surface area (Å²) in [7, 11) is 0. The SMILES string of the molecule is O=C(CN1CCCNCC1)NC1CCCC1n1ccnc1. The number of nitrogens with zero attached hydrogens (tertiary/aromatic N) is 3. The Morgan fingerprint density at radius 2 is 2.24 bits per heavy atom. The Balaban J connectivity index is 1.51. The van der Waals surface area contributed by atoms with Crippen molar-refractivity contribution in [1.29, 1.82) is 0 Å². The van der Waals surface area contributed by atoms with Gasteiger partial charge in [-0.3, -0.25) is 9.69 Å². The lowest BCUT2D eigenvalue weighted by Crippen LogP contribution is -2.44. The van der Waals surface area contributed by atoms with Gasteiger partial charge in [0, 0.05) is 31.5 Å². The molecule has 1 aromatic rings. The normalized spacial score (nSPS) is 27.4. The number of amides is 1. The van der Waals surface area contributed by atoms with Gasteiger partial charge >= 0.3 is 0 Å². The lowest BCUT2D eigenvalue weighted by Gasteiger charge is -2.24. The molecule has 0 radical (unpaired) electrons. The van der Waals surface area contributed by atoms with E-state index in [1.807, 2.05) is 12.5 Å². The van der Waals surface area contributed by atoms with Crippen molar-refractivity contribution >= 4 is 5.91 Å². The fourth-order valence-electron chi connectivity index (χ4n) is 3.45. The summed E-state index contributed by atoms with van der Waals surface area (Å²) in [4.78, 5) is 18.7. The molecule has 2 aliphatic rings. The maximum Gasteiger partial charge on any atom is 0.234 e. The zero-order valence-electron chi connectivity index (χ0n) is 12.5. The van der Waals surface area contributed by atoms with Crippen molar-refractivity contribution in [2.75, 3.05) is 32.7 Å². The summed E-state index contributed by atoms with van der Waals surface area (Å²) in [6, 6.07) is 0.610. The average molecular weight is 291 g/mol. The fraction of sp³-hybridized carbons (Fsp3) is 0.733. The van der Waals surface area contributed by atoms with Crippen LogP contribution in [-0.4, -0.2) is 59.1 Å². The van der Waals surface area contributed by atoms with Crippen LogP contribution in [0.15, 0.2) is 18.7 Å². The second-order valence-electron chi connectivity index (χ2n) is 6.06. The standard InChI is InChI=1S/C15H25N5O/c21-15(11-19-8-2-5-16-6-9-19)18-13-3-1-4-14(13)20-10-7-17-12-20/h7,10,12-14,16H,1-6,8-9,11H2,(H,18,21). The van der Waals surface area contributed by atoms with E-state index in [0.717, 1.165) is 45.4 Å². The minimum absolute atomic E-state index is 0.161. The van der Waals surface area contributed by atoms with Gasteiger partial charge in [0.1, 0.15) is 0 Å². The lowest BCUT2D eigenvalue weighted by molar-refractivity contribution is -0.123. The van der Waals surface area contributed by atoms with E-state index in [4.69, 9.17) is 0 Å². The number of carbonyl (C=O) groups is 1.